The lowest BCUT2D eigenvalue weighted by atomic mass is 9.95. The summed E-state index contributed by atoms with van der Waals surface area (Å²) in [6.45, 7) is 7.63. The van der Waals surface area contributed by atoms with Gasteiger partial charge in [-0.25, -0.2) is 8.78 Å². The number of halogens is 3. The summed E-state index contributed by atoms with van der Waals surface area (Å²) in [5.41, 5.74) is 1.25. The van der Waals surface area contributed by atoms with E-state index in [2.05, 4.69) is 15.9 Å². The quantitative estimate of drug-likeness (QED) is 0.669. The van der Waals surface area contributed by atoms with Gasteiger partial charge < -0.3 is 0 Å². The van der Waals surface area contributed by atoms with Gasteiger partial charge in [-0.15, -0.1) is 0 Å². The Morgan fingerprint density at radius 2 is 1.60 bits per heavy atom. The Morgan fingerprint density at radius 1 is 1.07 bits per heavy atom. The molecule has 0 aliphatic heterocycles. The summed E-state index contributed by atoms with van der Waals surface area (Å²) in [7, 11) is 0. The van der Waals surface area contributed by atoms with Crippen LogP contribution in [0.1, 0.15) is 50.7 Å². The lowest BCUT2D eigenvalue weighted by Gasteiger charge is -2.16. The van der Waals surface area contributed by atoms with Gasteiger partial charge in [-0.3, -0.25) is 0 Å². The predicted molar refractivity (Wildman–Crippen MR) is 62.2 cm³/mol. The molecule has 1 aromatic carbocycles. The summed E-state index contributed by atoms with van der Waals surface area (Å²) in [6.07, 6.45) is 0. The molecule has 0 fully saturated rings. The highest BCUT2D eigenvalue weighted by atomic mass is 79.9. The Kier molecular flexibility index (Phi) is 3.87. The zero-order chi connectivity index (χ0) is 11.7. The van der Waals surface area contributed by atoms with Gasteiger partial charge in [0.2, 0.25) is 0 Å². The van der Waals surface area contributed by atoms with Crippen LogP contribution in [0.15, 0.2) is 10.5 Å². The monoisotopic (exact) mass is 276 g/mol. The third-order valence-corrected chi connectivity index (χ3v) is 3.30. The highest BCUT2D eigenvalue weighted by molar-refractivity contribution is 9.10. The van der Waals surface area contributed by atoms with E-state index in [-0.39, 0.29) is 11.8 Å². The zero-order valence-electron chi connectivity index (χ0n) is 9.37. The Balaban J connectivity index is 3.49. The topological polar surface area (TPSA) is 0 Å². The molecule has 0 spiro atoms. The van der Waals surface area contributed by atoms with E-state index < -0.39 is 11.6 Å². The van der Waals surface area contributed by atoms with Crippen LogP contribution >= 0.6 is 15.9 Å². The Morgan fingerprint density at radius 3 is 2.00 bits per heavy atom. The van der Waals surface area contributed by atoms with Crippen molar-refractivity contribution < 1.29 is 8.78 Å². The fourth-order valence-corrected chi connectivity index (χ4v) is 2.77. The molecule has 1 rings (SSSR count). The Labute approximate surface area is 97.8 Å². The van der Waals surface area contributed by atoms with Gasteiger partial charge >= 0.3 is 0 Å². The van der Waals surface area contributed by atoms with Crippen molar-refractivity contribution >= 4 is 15.9 Å². The molecule has 0 unspecified atom stereocenters. The predicted octanol–water partition coefficient (Wildman–Crippen LogP) is 4.97. The minimum atomic E-state index is -0.759. The fourth-order valence-electron chi connectivity index (χ4n) is 1.57. The molecule has 1 aromatic rings. The van der Waals surface area contributed by atoms with Gasteiger partial charge in [-0.2, -0.15) is 0 Å². The number of hydrogen-bond acceptors (Lipinski definition) is 0. The van der Waals surface area contributed by atoms with E-state index in [0.29, 0.717) is 10.0 Å². The van der Waals surface area contributed by atoms with Crippen LogP contribution in [0.3, 0.4) is 0 Å². The maximum absolute atomic E-state index is 13.6. The first-order chi connectivity index (χ1) is 6.86. The largest absolute Gasteiger partial charge is 0.204 e. The van der Waals surface area contributed by atoms with E-state index in [1.54, 1.807) is 0 Å². The molecule has 0 aromatic heterocycles. The molecule has 0 nitrogen and oxygen atoms in total. The van der Waals surface area contributed by atoms with Gasteiger partial charge in [0, 0.05) is 10.0 Å². The molecule has 0 heterocycles. The lowest BCUT2D eigenvalue weighted by Crippen LogP contribution is -2.03. The van der Waals surface area contributed by atoms with E-state index in [0.717, 1.165) is 5.56 Å². The molecule has 0 atom stereocenters. The molecule has 0 aliphatic rings. The SMILES string of the molecule is CC(C)c1cc(F)c(F)c(C(C)C)c1Br. The summed E-state index contributed by atoms with van der Waals surface area (Å²) in [4.78, 5) is 0. The van der Waals surface area contributed by atoms with Gasteiger partial charge in [0.05, 0.1) is 0 Å². The maximum atomic E-state index is 13.6. The third-order valence-electron chi connectivity index (χ3n) is 2.42. The molecule has 15 heavy (non-hydrogen) atoms. The number of rotatable bonds is 2. The summed E-state index contributed by atoms with van der Waals surface area (Å²) < 4.78 is 27.6. The van der Waals surface area contributed by atoms with Crippen molar-refractivity contribution in [2.24, 2.45) is 0 Å². The summed E-state index contributed by atoms with van der Waals surface area (Å²) in [5, 5.41) is 0. The normalized spacial score (nSPS) is 11.5. The molecule has 0 bridgehead atoms. The Hall–Kier alpha value is -0.440. The van der Waals surface area contributed by atoms with Gasteiger partial charge in [-0.05, 0) is 23.5 Å². The van der Waals surface area contributed by atoms with Crippen molar-refractivity contribution in [3.8, 4) is 0 Å². The molecular formula is C12H15BrF2. The highest BCUT2D eigenvalue weighted by Crippen LogP contribution is 2.35. The molecular weight excluding hydrogens is 262 g/mol. The van der Waals surface area contributed by atoms with Gasteiger partial charge in [-0.1, -0.05) is 43.6 Å². The first-order valence-corrected chi connectivity index (χ1v) is 5.82. The van der Waals surface area contributed by atoms with Crippen LogP contribution < -0.4 is 0 Å². The molecule has 0 radical (unpaired) electrons. The van der Waals surface area contributed by atoms with Crippen LogP contribution in [0.5, 0.6) is 0 Å². The van der Waals surface area contributed by atoms with E-state index >= 15 is 0 Å². The minimum Gasteiger partial charge on any atom is -0.204 e. The average Bonchev–Trinajstić information content (AvgIpc) is 2.10. The van der Waals surface area contributed by atoms with Crippen LogP contribution in [-0.4, -0.2) is 0 Å². The van der Waals surface area contributed by atoms with Crippen molar-refractivity contribution in [2.75, 3.05) is 0 Å². The standard InChI is InChI=1S/C12H15BrF2/c1-6(2)8-5-9(14)12(15)10(7(3)4)11(8)13/h5-7H,1-4H3. The molecule has 0 saturated heterocycles. The van der Waals surface area contributed by atoms with Crippen molar-refractivity contribution in [1.82, 2.24) is 0 Å². The fraction of sp³-hybridized carbons (Fsp3) is 0.500. The molecule has 0 aliphatic carbocycles. The second-order valence-corrected chi connectivity index (χ2v) is 5.09. The van der Waals surface area contributed by atoms with E-state index in [1.165, 1.54) is 6.07 Å². The van der Waals surface area contributed by atoms with Crippen LogP contribution in [0.2, 0.25) is 0 Å². The van der Waals surface area contributed by atoms with Gasteiger partial charge in [0.15, 0.2) is 11.6 Å². The van der Waals surface area contributed by atoms with E-state index in [4.69, 9.17) is 0 Å². The molecule has 3 heteroatoms. The van der Waals surface area contributed by atoms with Crippen molar-refractivity contribution in [2.45, 2.75) is 39.5 Å². The molecule has 84 valence electrons. The number of benzene rings is 1. The van der Waals surface area contributed by atoms with Crippen molar-refractivity contribution in [1.29, 1.82) is 0 Å². The summed E-state index contributed by atoms with van der Waals surface area (Å²) >= 11 is 3.36. The summed E-state index contributed by atoms with van der Waals surface area (Å²) in [5.74, 6) is -1.36. The van der Waals surface area contributed by atoms with E-state index in [9.17, 15) is 8.78 Å². The van der Waals surface area contributed by atoms with E-state index in [1.807, 2.05) is 27.7 Å². The average molecular weight is 277 g/mol. The smallest absolute Gasteiger partial charge is 0.163 e. The van der Waals surface area contributed by atoms with Crippen LogP contribution in [0.25, 0.3) is 0 Å². The number of hydrogen-bond donors (Lipinski definition) is 0. The maximum Gasteiger partial charge on any atom is 0.163 e. The molecule has 0 saturated carbocycles. The first kappa shape index (κ1) is 12.6. The first-order valence-electron chi connectivity index (χ1n) is 5.03. The summed E-state index contributed by atoms with van der Waals surface area (Å²) in [6, 6.07) is 1.27. The minimum absolute atomic E-state index is 0.0347. The zero-order valence-corrected chi connectivity index (χ0v) is 11.0. The van der Waals surface area contributed by atoms with Crippen molar-refractivity contribution in [3.63, 3.8) is 0 Å². The highest BCUT2D eigenvalue weighted by Gasteiger charge is 2.20. The lowest BCUT2D eigenvalue weighted by molar-refractivity contribution is 0.489. The second-order valence-electron chi connectivity index (χ2n) is 4.30. The van der Waals surface area contributed by atoms with Crippen LogP contribution in [-0.2, 0) is 0 Å². The molecule has 0 N–H and O–H groups in total. The van der Waals surface area contributed by atoms with Crippen molar-refractivity contribution in [3.05, 3.63) is 33.3 Å². The second kappa shape index (κ2) is 4.60. The van der Waals surface area contributed by atoms with Crippen LogP contribution in [0.4, 0.5) is 8.78 Å². The van der Waals surface area contributed by atoms with Gasteiger partial charge in [0.25, 0.3) is 0 Å². The Bertz CT molecular complexity index is 370. The van der Waals surface area contributed by atoms with Crippen LogP contribution in [0, 0.1) is 11.6 Å². The van der Waals surface area contributed by atoms with Gasteiger partial charge in [0.1, 0.15) is 0 Å². The third kappa shape index (κ3) is 2.39. The molecule has 0 amide bonds.